The van der Waals surface area contributed by atoms with Crippen molar-refractivity contribution in [2.45, 2.75) is 63.4 Å². The van der Waals surface area contributed by atoms with Crippen molar-refractivity contribution in [2.75, 3.05) is 0 Å². The number of aliphatic hydroxyl groups excluding tert-OH is 1. The Morgan fingerprint density at radius 3 is 3.00 bits per heavy atom. The van der Waals surface area contributed by atoms with Crippen molar-refractivity contribution in [3.05, 3.63) is 21.9 Å². The average molecular weight is 276 g/mol. The minimum atomic E-state index is -0.0852. The van der Waals surface area contributed by atoms with E-state index in [1.807, 2.05) is 11.3 Å². The van der Waals surface area contributed by atoms with Gasteiger partial charge in [0.05, 0.1) is 6.10 Å². The van der Waals surface area contributed by atoms with Crippen LogP contribution in [0.25, 0.3) is 0 Å². The fourth-order valence-corrected chi connectivity index (χ4v) is 6.06. The van der Waals surface area contributed by atoms with Crippen LogP contribution in [0.1, 0.15) is 61.3 Å². The number of aliphatic hydroxyl groups is 1. The van der Waals surface area contributed by atoms with Gasteiger partial charge in [-0.25, -0.2) is 0 Å². The lowest BCUT2D eigenvalue weighted by Crippen LogP contribution is -2.26. The number of aryl methyl sites for hydroxylation is 1. The highest BCUT2D eigenvalue weighted by molar-refractivity contribution is 7.10. The van der Waals surface area contributed by atoms with E-state index in [9.17, 15) is 5.11 Å². The van der Waals surface area contributed by atoms with E-state index in [2.05, 4.69) is 11.4 Å². The molecule has 0 spiro atoms. The predicted octanol–water partition coefficient (Wildman–Crippen LogP) is 4.36. The van der Waals surface area contributed by atoms with E-state index >= 15 is 0 Å². The Morgan fingerprint density at radius 2 is 2.21 bits per heavy atom. The Kier molecular flexibility index (Phi) is 3.19. The molecule has 1 heterocycles. The summed E-state index contributed by atoms with van der Waals surface area (Å²) >= 11 is 1.89. The largest absolute Gasteiger partial charge is 0.392 e. The highest BCUT2D eigenvalue weighted by atomic mass is 32.1. The maximum absolute atomic E-state index is 10.7. The molecule has 4 rings (SSSR count). The molecule has 0 aromatic carbocycles. The zero-order chi connectivity index (χ0) is 12.8. The molecule has 0 saturated heterocycles. The molecule has 1 aromatic heterocycles. The van der Waals surface area contributed by atoms with Gasteiger partial charge >= 0.3 is 0 Å². The molecule has 0 aliphatic heterocycles. The molecule has 104 valence electrons. The van der Waals surface area contributed by atoms with Gasteiger partial charge in [-0.1, -0.05) is 6.42 Å². The minimum Gasteiger partial charge on any atom is -0.392 e. The Balaban J connectivity index is 1.45. The summed E-state index contributed by atoms with van der Waals surface area (Å²) in [5, 5.41) is 12.9. The first-order chi connectivity index (χ1) is 9.31. The Morgan fingerprint density at radius 1 is 1.26 bits per heavy atom. The summed E-state index contributed by atoms with van der Waals surface area (Å²) in [6, 6.07) is 2.27. The number of hydrogen-bond donors (Lipinski definition) is 1. The van der Waals surface area contributed by atoms with Gasteiger partial charge < -0.3 is 5.11 Å². The lowest BCUT2D eigenvalue weighted by molar-refractivity contribution is 0.0930. The van der Waals surface area contributed by atoms with Crippen molar-refractivity contribution in [1.82, 2.24) is 0 Å². The first kappa shape index (κ1) is 12.4. The fraction of sp³-hybridized carbons (Fsp3) is 0.765. The first-order valence-electron chi connectivity index (χ1n) is 8.05. The van der Waals surface area contributed by atoms with Crippen molar-refractivity contribution in [3.63, 3.8) is 0 Å². The second-order valence-electron chi connectivity index (χ2n) is 7.04. The molecule has 1 aromatic rings. The molecule has 2 heteroatoms. The Labute approximate surface area is 120 Å². The van der Waals surface area contributed by atoms with Crippen molar-refractivity contribution in [2.24, 2.45) is 17.8 Å². The van der Waals surface area contributed by atoms with Crippen LogP contribution >= 0.6 is 11.3 Å². The van der Waals surface area contributed by atoms with E-state index in [0.717, 1.165) is 24.2 Å². The summed E-state index contributed by atoms with van der Waals surface area (Å²) < 4.78 is 0. The second-order valence-corrected chi connectivity index (χ2v) is 8.04. The number of rotatable bonds is 3. The minimum absolute atomic E-state index is 0.0852. The zero-order valence-corrected chi connectivity index (χ0v) is 12.4. The van der Waals surface area contributed by atoms with Gasteiger partial charge in [0.15, 0.2) is 0 Å². The maximum Gasteiger partial charge on any atom is 0.0611 e. The summed E-state index contributed by atoms with van der Waals surface area (Å²) in [4.78, 5) is 1.54. The van der Waals surface area contributed by atoms with Crippen LogP contribution in [0, 0.1) is 17.8 Å². The molecular weight excluding hydrogens is 252 g/mol. The molecule has 19 heavy (non-hydrogen) atoms. The normalized spacial score (nSPS) is 38.4. The van der Waals surface area contributed by atoms with Crippen molar-refractivity contribution >= 4 is 11.3 Å². The van der Waals surface area contributed by atoms with Crippen LogP contribution in [0.5, 0.6) is 0 Å². The standard InChI is InChI=1S/C17H24OS/c18-16(10-13-9-11-4-5-12(13)8-11)14-2-1-3-17-15(14)6-7-19-17/h6-7,11-14,16,18H,1-5,8-10H2. The molecule has 0 radical (unpaired) electrons. The van der Waals surface area contributed by atoms with Crippen molar-refractivity contribution in [1.29, 1.82) is 0 Å². The zero-order valence-electron chi connectivity index (χ0n) is 11.6. The Bertz CT molecular complexity index is 452. The molecule has 5 unspecified atom stereocenters. The van der Waals surface area contributed by atoms with E-state index in [0.29, 0.717) is 5.92 Å². The summed E-state index contributed by atoms with van der Waals surface area (Å²) in [7, 11) is 0. The van der Waals surface area contributed by atoms with Gasteiger partial charge in [0.25, 0.3) is 0 Å². The molecule has 3 aliphatic rings. The van der Waals surface area contributed by atoms with Gasteiger partial charge in [-0.05, 0) is 79.7 Å². The quantitative estimate of drug-likeness (QED) is 0.870. The lowest BCUT2D eigenvalue weighted by atomic mass is 9.77. The summed E-state index contributed by atoms with van der Waals surface area (Å²) in [6.07, 6.45) is 10.5. The second kappa shape index (κ2) is 4.89. The van der Waals surface area contributed by atoms with Crippen LogP contribution in [0.15, 0.2) is 11.4 Å². The highest BCUT2D eigenvalue weighted by Gasteiger charge is 2.41. The molecule has 0 amide bonds. The van der Waals surface area contributed by atoms with E-state index in [4.69, 9.17) is 0 Å². The summed E-state index contributed by atoms with van der Waals surface area (Å²) in [5.74, 6) is 3.22. The third-order valence-electron chi connectivity index (χ3n) is 5.99. The predicted molar refractivity (Wildman–Crippen MR) is 79.6 cm³/mol. The van der Waals surface area contributed by atoms with E-state index < -0.39 is 0 Å². The van der Waals surface area contributed by atoms with Crippen molar-refractivity contribution < 1.29 is 5.11 Å². The average Bonchev–Trinajstić information content (AvgIpc) is 3.13. The molecule has 1 N–H and O–H groups in total. The van der Waals surface area contributed by atoms with Gasteiger partial charge in [-0.3, -0.25) is 0 Å². The molecule has 5 atom stereocenters. The van der Waals surface area contributed by atoms with E-state index in [1.54, 1.807) is 4.88 Å². The van der Waals surface area contributed by atoms with Gasteiger partial charge in [0.2, 0.25) is 0 Å². The summed E-state index contributed by atoms with van der Waals surface area (Å²) in [5.41, 5.74) is 1.48. The molecule has 3 aliphatic carbocycles. The van der Waals surface area contributed by atoms with Crippen LogP contribution in [0.2, 0.25) is 0 Å². The smallest absolute Gasteiger partial charge is 0.0611 e. The first-order valence-corrected chi connectivity index (χ1v) is 8.93. The third-order valence-corrected chi connectivity index (χ3v) is 6.99. The topological polar surface area (TPSA) is 20.2 Å². The number of hydrogen-bond acceptors (Lipinski definition) is 2. The molecule has 2 saturated carbocycles. The van der Waals surface area contributed by atoms with Crippen LogP contribution in [0.4, 0.5) is 0 Å². The van der Waals surface area contributed by atoms with Crippen LogP contribution < -0.4 is 0 Å². The SMILES string of the molecule is OC(CC1CC2CCC1C2)C1CCCc2sccc21. The van der Waals surface area contributed by atoms with Gasteiger partial charge in [0, 0.05) is 10.8 Å². The van der Waals surface area contributed by atoms with Gasteiger partial charge in [-0.15, -0.1) is 11.3 Å². The van der Waals surface area contributed by atoms with E-state index in [1.165, 1.54) is 50.5 Å². The summed E-state index contributed by atoms with van der Waals surface area (Å²) in [6.45, 7) is 0. The van der Waals surface area contributed by atoms with Crippen LogP contribution in [0.3, 0.4) is 0 Å². The maximum atomic E-state index is 10.7. The highest BCUT2D eigenvalue weighted by Crippen LogP contribution is 2.51. The fourth-order valence-electron chi connectivity index (χ4n) is 5.06. The molecule has 2 bridgehead atoms. The number of fused-ring (bicyclic) bond motifs is 3. The lowest BCUT2D eigenvalue weighted by Gasteiger charge is -2.31. The Hall–Kier alpha value is -0.340. The number of thiophene rings is 1. The van der Waals surface area contributed by atoms with Gasteiger partial charge in [-0.2, -0.15) is 0 Å². The molecular formula is C17H24OS. The van der Waals surface area contributed by atoms with Crippen LogP contribution in [-0.4, -0.2) is 11.2 Å². The van der Waals surface area contributed by atoms with Crippen LogP contribution in [-0.2, 0) is 6.42 Å². The monoisotopic (exact) mass is 276 g/mol. The third kappa shape index (κ3) is 2.17. The molecule has 2 fully saturated rings. The van der Waals surface area contributed by atoms with E-state index in [-0.39, 0.29) is 6.10 Å². The molecule has 1 nitrogen and oxygen atoms in total. The van der Waals surface area contributed by atoms with Crippen molar-refractivity contribution in [3.8, 4) is 0 Å². The van der Waals surface area contributed by atoms with Gasteiger partial charge in [0.1, 0.15) is 0 Å².